The molecule has 0 aromatic rings. The van der Waals surface area contributed by atoms with Gasteiger partial charge in [0.2, 0.25) is 5.91 Å². The fourth-order valence-electron chi connectivity index (χ4n) is 1.14. The molecule has 1 amide bonds. The standard InChI is InChI=1S/C10H20N2O4/c1-10(2,4-3-9(14)15)12-8(13)7-16-6-5-11/h3-7,11H2,1-2H3,(H,12,13)(H,14,15). The number of carboxylic acid groups (broad SMARTS) is 1. The average Bonchev–Trinajstić information content (AvgIpc) is 2.15. The van der Waals surface area contributed by atoms with E-state index in [4.69, 9.17) is 15.6 Å². The number of aliphatic carboxylic acids is 1. The van der Waals surface area contributed by atoms with Crippen molar-refractivity contribution in [3.63, 3.8) is 0 Å². The first-order valence-electron chi connectivity index (χ1n) is 5.18. The van der Waals surface area contributed by atoms with E-state index in [0.717, 1.165) is 0 Å². The van der Waals surface area contributed by atoms with E-state index in [2.05, 4.69) is 5.32 Å². The molecule has 0 rings (SSSR count). The number of hydrogen-bond donors (Lipinski definition) is 3. The normalized spacial score (nSPS) is 11.2. The topological polar surface area (TPSA) is 102 Å². The molecule has 6 heteroatoms. The van der Waals surface area contributed by atoms with Gasteiger partial charge in [-0.25, -0.2) is 0 Å². The Morgan fingerprint density at radius 2 is 2.06 bits per heavy atom. The van der Waals surface area contributed by atoms with E-state index >= 15 is 0 Å². The van der Waals surface area contributed by atoms with Crippen molar-refractivity contribution in [2.45, 2.75) is 32.2 Å². The summed E-state index contributed by atoms with van der Waals surface area (Å²) in [7, 11) is 0. The third kappa shape index (κ3) is 8.19. The minimum atomic E-state index is -0.873. The van der Waals surface area contributed by atoms with E-state index in [-0.39, 0.29) is 18.9 Å². The van der Waals surface area contributed by atoms with Crippen molar-refractivity contribution < 1.29 is 19.4 Å². The van der Waals surface area contributed by atoms with Gasteiger partial charge in [-0.05, 0) is 20.3 Å². The number of carbonyl (C=O) groups is 2. The van der Waals surface area contributed by atoms with Crippen molar-refractivity contribution in [3.8, 4) is 0 Å². The monoisotopic (exact) mass is 232 g/mol. The van der Waals surface area contributed by atoms with Gasteiger partial charge in [-0.15, -0.1) is 0 Å². The van der Waals surface area contributed by atoms with Crippen LogP contribution in [0.1, 0.15) is 26.7 Å². The van der Waals surface area contributed by atoms with Crippen LogP contribution in [0.5, 0.6) is 0 Å². The number of amides is 1. The highest BCUT2D eigenvalue weighted by Gasteiger charge is 2.21. The Bertz CT molecular complexity index is 241. The van der Waals surface area contributed by atoms with Crippen LogP contribution in [0.4, 0.5) is 0 Å². The molecule has 0 spiro atoms. The van der Waals surface area contributed by atoms with Crippen LogP contribution in [0.25, 0.3) is 0 Å². The average molecular weight is 232 g/mol. The molecule has 4 N–H and O–H groups in total. The molecule has 0 fully saturated rings. The Kier molecular flexibility index (Phi) is 6.67. The minimum absolute atomic E-state index is 0.0247. The van der Waals surface area contributed by atoms with E-state index in [1.54, 1.807) is 13.8 Å². The lowest BCUT2D eigenvalue weighted by Gasteiger charge is -2.25. The van der Waals surface area contributed by atoms with E-state index in [9.17, 15) is 9.59 Å². The summed E-state index contributed by atoms with van der Waals surface area (Å²) in [4.78, 5) is 21.7. The van der Waals surface area contributed by atoms with Gasteiger partial charge in [0.25, 0.3) is 0 Å². The lowest BCUT2D eigenvalue weighted by molar-refractivity contribution is -0.138. The van der Waals surface area contributed by atoms with E-state index in [0.29, 0.717) is 19.6 Å². The maximum Gasteiger partial charge on any atom is 0.303 e. The first-order chi connectivity index (χ1) is 7.37. The maximum atomic E-state index is 11.4. The molecular formula is C10H20N2O4. The predicted octanol–water partition coefficient (Wildman–Crippen LogP) is -0.279. The van der Waals surface area contributed by atoms with Gasteiger partial charge in [0.15, 0.2) is 0 Å². The van der Waals surface area contributed by atoms with Gasteiger partial charge in [-0.1, -0.05) is 0 Å². The Hall–Kier alpha value is -1.14. The quantitative estimate of drug-likeness (QED) is 0.500. The van der Waals surface area contributed by atoms with Gasteiger partial charge >= 0.3 is 5.97 Å². The van der Waals surface area contributed by atoms with Crippen molar-refractivity contribution in [3.05, 3.63) is 0 Å². The largest absolute Gasteiger partial charge is 0.481 e. The number of nitrogens with one attached hydrogen (secondary N) is 1. The van der Waals surface area contributed by atoms with Gasteiger partial charge in [0, 0.05) is 18.5 Å². The van der Waals surface area contributed by atoms with Crippen LogP contribution >= 0.6 is 0 Å². The molecule has 0 saturated heterocycles. The lowest BCUT2D eigenvalue weighted by Crippen LogP contribution is -2.45. The minimum Gasteiger partial charge on any atom is -0.481 e. The molecule has 16 heavy (non-hydrogen) atoms. The Morgan fingerprint density at radius 1 is 1.44 bits per heavy atom. The molecule has 0 aromatic heterocycles. The summed E-state index contributed by atoms with van der Waals surface area (Å²) in [6, 6.07) is 0. The first-order valence-corrected chi connectivity index (χ1v) is 5.18. The molecule has 0 unspecified atom stereocenters. The van der Waals surface area contributed by atoms with Crippen LogP contribution < -0.4 is 11.1 Å². The molecular weight excluding hydrogens is 212 g/mol. The van der Waals surface area contributed by atoms with Crippen LogP contribution in [0.2, 0.25) is 0 Å². The van der Waals surface area contributed by atoms with Gasteiger partial charge in [-0.2, -0.15) is 0 Å². The second-order valence-electron chi connectivity index (χ2n) is 4.17. The molecule has 0 heterocycles. The summed E-state index contributed by atoms with van der Waals surface area (Å²) in [6.07, 6.45) is 0.405. The highest BCUT2D eigenvalue weighted by atomic mass is 16.5. The second kappa shape index (κ2) is 7.19. The first kappa shape index (κ1) is 14.9. The van der Waals surface area contributed by atoms with Gasteiger partial charge < -0.3 is 20.9 Å². The van der Waals surface area contributed by atoms with Crippen molar-refractivity contribution in [2.75, 3.05) is 19.8 Å². The third-order valence-electron chi connectivity index (χ3n) is 1.94. The van der Waals surface area contributed by atoms with Crippen LogP contribution in [-0.2, 0) is 14.3 Å². The van der Waals surface area contributed by atoms with Crippen molar-refractivity contribution in [1.82, 2.24) is 5.32 Å². The predicted molar refractivity (Wildman–Crippen MR) is 59.0 cm³/mol. The van der Waals surface area contributed by atoms with E-state index in [1.165, 1.54) is 0 Å². The summed E-state index contributed by atoms with van der Waals surface area (Å²) in [6.45, 7) is 4.21. The summed E-state index contributed by atoms with van der Waals surface area (Å²) >= 11 is 0. The number of ether oxygens (including phenoxy) is 1. The van der Waals surface area contributed by atoms with Crippen LogP contribution in [-0.4, -0.2) is 42.3 Å². The molecule has 0 atom stereocenters. The lowest BCUT2D eigenvalue weighted by atomic mass is 9.98. The Balaban J connectivity index is 3.85. The molecule has 0 saturated carbocycles. The molecule has 0 aliphatic heterocycles. The number of hydrogen-bond acceptors (Lipinski definition) is 4. The molecule has 0 aliphatic carbocycles. The second-order valence-corrected chi connectivity index (χ2v) is 4.17. The highest BCUT2D eigenvalue weighted by molar-refractivity contribution is 5.78. The third-order valence-corrected chi connectivity index (χ3v) is 1.94. The zero-order valence-electron chi connectivity index (χ0n) is 9.78. The summed E-state index contributed by atoms with van der Waals surface area (Å²) in [5.74, 6) is -1.13. The van der Waals surface area contributed by atoms with Gasteiger partial charge in [0.1, 0.15) is 6.61 Å². The van der Waals surface area contributed by atoms with Crippen LogP contribution in [0, 0.1) is 0 Å². The summed E-state index contributed by atoms with van der Waals surface area (Å²) < 4.78 is 4.96. The van der Waals surface area contributed by atoms with E-state index in [1.807, 2.05) is 0 Å². The van der Waals surface area contributed by atoms with Crippen molar-refractivity contribution in [2.24, 2.45) is 5.73 Å². The van der Waals surface area contributed by atoms with Gasteiger partial charge in [-0.3, -0.25) is 9.59 Å². The van der Waals surface area contributed by atoms with Crippen LogP contribution in [0.15, 0.2) is 0 Å². The molecule has 0 radical (unpaired) electrons. The molecule has 0 bridgehead atoms. The van der Waals surface area contributed by atoms with Crippen molar-refractivity contribution in [1.29, 1.82) is 0 Å². The Labute approximate surface area is 95.1 Å². The smallest absolute Gasteiger partial charge is 0.303 e. The molecule has 0 aliphatic rings. The number of carbonyl (C=O) groups excluding carboxylic acids is 1. The number of rotatable bonds is 8. The molecule has 0 aromatic carbocycles. The van der Waals surface area contributed by atoms with E-state index < -0.39 is 11.5 Å². The fraction of sp³-hybridized carbons (Fsp3) is 0.800. The van der Waals surface area contributed by atoms with Crippen LogP contribution in [0.3, 0.4) is 0 Å². The SMILES string of the molecule is CC(C)(CCC(=O)O)NC(=O)COCCN. The zero-order chi connectivity index (χ0) is 12.6. The maximum absolute atomic E-state index is 11.4. The highest BCUT2D eigenvalue weighted by Crippen LogP contribution is 2.10. The zero-order valence-corrected chi connectivity index (χ0v) is 9.78. The van der Waals surface area contributed by atoms with Gasteiger partial charge in [0.05, 0.1) is 6.61 Å². The summed E-state index contributed by atoms with van der Waals surface area (Å²) in [5.41, 5.74) is 4.66. The number of nitrogens with two attached hydrogens (primary N) is 1. The van der Waals surface area contributed by atoms with Crippen molar-refractivity contribution >= 4 is 11.9 Å². The molecule has 94 valence electrons. The fourth-order valence-corrected chi connectivity index (χ4v) is 1.14. The summed E-state index contributed by atoms with van der Waals surface area (Å²) in [5, 5.41) is 11.2. The molecule has 6 nitrogen and oxygen atoms in total. The number of carboxylic acids is 1. The Morgan fingerprint density at radius 3 is 2.56 bits per heavy atom.